The van der Waals surface area contributed by atoms with Crippen LogP contribution < -0.4 is 10.6 Å². The van der Waals surface area contributed by atoms with Crippen molar-refractivity contribution in [2.24, 2.45) is 4.99 Å². The molecule has 1 aromatic rings. The summed E-state index contributed by atoms with van der Waals surface area (Å²) in [5.41, 5.74) is 2.57. The van der Waals surface area contributed by atoms with E-state index in [-0.39, 0.29) is 0 Å². The third-order valence-electron chi connectivity index (χ3n) is 3.28. The molecule has 1 atom stereocenters. The Hall–Kier alpha value is -1.55. The van der Waals surface area contributed by atoms with Gasteiger partial charge < -0.3 is 15.5 Å². The topological polar surface area (TPSA) is 39.7 Å². The molecule has 1 unspecified atom stereocenters. The minimum absolute atomic E-state index is 0.435. The Kier molecular flexibility index (Phi) is 7.83. The van der Waals surface area contributed by atoms with Crippen molar-refractivity contribution in [2.75, 3.05) is 20.6 Å². The Labute approximate surface area is 129 Å². The van der Waals surface area contributed by atoms with E-state index in [0.29, 0.717) is 12.6 Å². The summed E-state index contributed by atoms with van der Waals surface area (Å²) >= 11 is 0. The van der Waals surface area contributed by atoms with Crippen molar-refractivity contribution in [3.8, 4) is 0 Å². The highest BCUT2D eigenvalue weighted by molar-refractivity contribution is 5.80. The number of hydrogen-bond acceptors (Lipinski definition) is 2. The largest absolute Gasteiger partial charge is 0.357 e. The molecule has 4 heteroatoms. The molecule has 118 valence electrons. The van der Waals surface area contributed by atoms with E-state index >= 15 is 0 Å². The van der Waals surface area contributed by atoms with Gasteiger partial charge in [-0.2, -0.15) is 0 Å². The first-order chi connectivity index (χ1) is 10.0. The minimum atomic E-state index is 0.435. The maximum absolute atomic E-state index is 4.65. The van der Waals surface area contributed by atoms with Crippen LogP contribution in [-0.2, 0) is 13.1 Å². The highest BCUT2D eigenvalue weighted by atomic mass is 15.2. The molecule has 4 nitrogen and oxygen atoms in total. The second kappa shape index (κ2) is 9.40. The molecule has 0 fully saturated rings. The van der Waals surface area contributed by atoms with Gasteiger partial charge in [0, 0.05) is 19.1 Å². The van der Waals surface area contributed by atoms with Crippen LogP contribution in [0.4, 0.5) is 0 Å². The summed E-state index contributed by atoms with van der Waals surface area (Å²) in [5, 5.41) is 6.70. The van der Waals surface area contributed by atoms with Gasteiger partial charge in [0.25, 0.3) is 0 Å². The standard InChI is InChI=1S/C17H30N4/c1-6-14(3)20-17(18-7-2)19-12-15-8-10-16(11-9-15)13-21(4)5/h8-11,14H,6-7,12-13H2,1-5H3,(H2,18,19,20). The van der Waals surface area contributed by atoms with Crippen LogP contribution in [-0.4, -0.2) is 37.5 Å². The maximum Gasteiger partial charge on any atom is 0.191 e. The molecule has 1 rings (SSSR count). The summed E-state index contributed by atoms with van der Waals surface area (Å²) in [4.78, 5) is 6.82. The van der Waals surface area contributed by atoms with Crippen LogP contribution in [0.2, 0.25) is 0 Å². The van der Waals surface area contributed by atoms with E-state index in [0.717, 1.165) is 25.5 Å². The van der Waals surface area contributed by atoms with E-state index in [1.54, 1.807) is 0 Å². The van der Waals surface area contributed by atoms with Crippen molar-refractivity contribution in [1.29, 1.82) is 0 Å². The molecule has 0 saturated carbocycles. The Morgan fingerprint density at radius 1 is 1.14 bits per heavy atom. The molecule has 0 heterocycles. The lowest BCUT2D eigenvalue weighted by atomic mass is 10.1. The smallest absolute Gasteiger partial charge is 0.191 e. The third-order valence-corrected chi connectivity index (χ3v) is 3.28. The Bertz CT molecular complexity index is 423. The number of hydrogen-bond donors (Lipinski definition) is 2. The van der Waals surface area contributed by atoms with E-state index in [2.05, 4.69) is 79.7 Å². The lowest BCUT2D eigenvalue weighted by Crippen LogP contribution is -2.41. The fraction of sp³-hybridized carbons (Fsp3) is 0.588. The molecule has 0 aliphatic carbocycles. The monoisotopic (exact) mass is 290 g/mol. The predicted octanol–water partition coefficient (Wildman–Crippen LogP) is 2.60. The summed E-state index contributed by atoms with van der Waals surface area (Å²) < 4.78 is 0. The van der Waals surface area contributed by atoms with Gasteiger partial charge in [-0.05, 0) is 45.5 Å². The van der Waals surface area contributed by atoms with Crippen molar-refractivity contribution >= 4 is 5.96 Å². The van der Waals surface area contributed by atoms with Crippen molar-refractivity contribution in [2.45, 2.75) is 46.3 Å². The van der Waals surface area contributed by atoms with Crippen molar-refractivity contribution < 1.29 is 0 Å². The van der Waals surface area contributed by atoms with Crippen molar-refractivity contribution in [3.05, 3.63) is 35.4 Å². The fourth-order valence-electron chi connectivity index (χ4n) is 1.94. The molecule has 21 heavy (non-hydrogen) atoms. The molecule has 0 radical (unpaired) electrons. The van der Waals surface area contributed by atoms with Gasteiger partial charge in [0.05, 0.1) is 6.54 Å². The maximum atomic E-state index is 4.65. The van der Waals surface area contributed by atoms with Gasteiger partial charge >= 0.3 is 0 Å². The molecule has 0 aliphatic heterocycles. The van der Waals surface area contributed by atoms with E-state index in [4.69, 9.17) is 0 Å². The minimum Gasteiger partial charge on any atom is -0.357 e. The fourth-order valence-corrected chi connectivity index (χ4v) is 1.94. The lowest BCUT2D eigenvalue weighted by molar-refractivity contribution is 0.402. The summed E-state index contributed by atoms with van der Waals surface area (Å²) in [5.74, 6) is 0.893. The average molecular weight is 290 g/mol. The summed E-state index contributed by atoms with van der Waals surface area (Å²) in [7, 11) is 4.17. The van der Waals surface area contributed by atoms with Crippen LogP contribution in [0.3, 0.4) is 0 Å². The molecule has 0 amide bonds. The first-order valence-electron chi connectivity index (χ1n) is 7.82. The van der Waals surface area contributed by atoms with Gasteiger partial charge in [0.2, 0.25) is 0 Å². The molecular weight excluding hydrogens is 260 g/mol. The van der Waals surface area contributed by atoms with Crippen LogP contribution in [0.1, 0.15) is 38.3 Å². The first kappa shape index (κ1) is 17.5. The van der Waals surface area contributed by atoms with E-state index in [9.17, 15) is 0 Å². The zero-order chi connectivity index (χ0) is 15.7. The van der Waals surface area contributed by atoms with Crippen molar-refractivity contribution in [1.82, 2.24) is 15.5 Å². The second-order valence-electron chi connectivity index (χ2n) is 5.70. The third kappa shape index (κ3) is 7.14. The second-order valence-corrected chi connectivity index (χ2v) is 5.70. The molecule has 0 saturated heterocycles. The lowest BCUT2D eigenvalue weighted by Gasteiger charge is -2.16. The van der Waals surface area contributed by atoms with Gasteiger partial charge in [-0.3, -0.25) is 0 Å². The molecule has 0 aliphatic rings. The Morgan fingerprint density at radius 2 is 1.76 bits per heavy atom. The quantitative estimate of drug-likeness (QED) is 0.599. The average Bonchev–Trinajstić information content (AvgIpc) is 2.45. The predicted molar refractivity (Wildman–Crippen MR) is 91.5 cm³/mol. The number of rotatable bonds is 7. The molecule has 0 aromatic heterocycles. The Morgan fingerprint density at radius 3 is 2.29 bits per heavy atom. The van der Waals surface area contributed by atoms with Crippen LogP contribution in [0.15, 0.2) is 29.3 Å². The van der Waals surface area contributed by atoms with Crippen LogP contribution in [0, 0.1) is 0 Å². The SMILES string of the molecule is CCNC(=NCc1ccc(CN(C)C)cc1)NC(C)CC. The van der Waals surface area contributed by atoms with Crippen LogP contribution >= 0.6 is 0 Å². The molecule has 0 spiro atoms. The zero-order valence-electron chi connectivity index (χ0n) is 14.1. The van der Waals surface area contributed by atoms with Crippen LogP contribution in [0.25, 0.3) is 0 Å². The van der Waals surface area contributed by atoms with Gasteiger partial charge in [-0.25, -0.2) is 4.99 Å². The number of benzene rings is 1. The Balaban J connectivity index is 2.62. The summed E-state index contributed by atoms with van der Waals surface area (Å²) in [6.45, 7) is 8.98. The van der Waals surface area contributed by atoms with Gasteiger partial charge in [0.1, 0.15) is 0 Å². The number of aliphatic imine (C=N–C) groups is 1. The summed E-state index contributed by atoms with van der Waals surface area (Å²) in [6, 6.07) is 9.12. The van der Waals surface area contributed by atoms with E-state index < -0.39 is 0 Å². The van der Waals surface area contributed by atoms with E-state index in [1.807, 2.05) is 0 Å². The highest BCUT2D eigenvalue weighted by Crippen LogP contribution is 2.07. The van der Waals surface area contributed by atoms with Gasteiger partial charge in [0.15, 0.2) is 5.96 Å². The number of guanidine groups is 1. The highest BCUT2D eigenvalue weighted by Gasteiger charge is 2.02. The molecule has 2 N–H and O–H groups in total. The molecule has 1 aromatic carbocycles. The molecular formula is C17H30N4. The number of nitrogens with zero attached hydrogens (tertiary/aromatic N) is 2. The van der Waals surface area contributed by atoms with Gasteiger partial charge in [-0.15, -0.1) is 0 Å². The number of nitrogens with one attached hydrogen (secondary N) is 2. The first-order valence-corrected chi connectivity index (χ1v) is 7.82. The van der Waals surface area contributed by atoms with Crippen molar-refractivity contribution in [3.63, 3.8) is 0 Å². The van der Waals surface area contributed by atoms with Gasteiger partial charge in [-0.1, -0.05) is 31.2 Å². The normalized spacial score (nSPS) is 13.3. The zero-order valence-corrected chi connectivity index (χ0v) is 14.1. The van der Waals surface area contributed by atoms with Crippen LogP contribution in [0.5, 0.6) is 0 Å². The summed E-state index contributed by atoms with van der Waals surface area (Å²) in [6.07, 6.45) is 1.09. The van der Waals surface area contributed by atoms with E-state index in [1.165, 1.54) is 11.1 Å². The molecule has 0 bridgehead atoms.